The molecule has 3 nitrogen and oxygen atoms in total. The average Bonchev–Trinajstić information content (AvgIpc) is 2.52. The SMILES string of the molecule is CNC(c1ccsc1C)C(C)S(C)(=O)=O. The van der Waals surface area contributed by atoms with E-state index in [2.05, 4.69) is 5.32 Å². The number of thiophene rings is 1. The molecule has 1 aromatic rings. The molecule has 1 N–H and O–H groups in total. The third-order valence-corrected chi connectivity index (χ3v) is 5.17. The molecule has 0 aliphatic rings. The zero-order chi connectivity index (χ0) is 11.6. The lowest BCUT2D eigenvalue weighted by Crippen LogP contribution is -2.33. The van der Waals surface area contributed by atoms with Crippen LogP contribution in [0.3, 0.4) is 0 Å². The van der Waals surface area contributed by atoms with Crippen LogP contribution < -0.4 is 5.32 Å². The van der Waals surface area contributed by atoms with E-state index in [0.29, 0.717) is 0 Å². The summed E-state index contributed by atoms with van der Waals surface area (Å²) in [6.45, 7) is 3.76. The smallest absolute Gasteiger partial charge is 0.151 e. The standard InChI is InChI=1S/C10H17NO2S2/c1-7-9(5-6-14-7)10(11-3)8(2)15(4,12)13/h5-6,8,10-11H,1-4H3. The zero-order valence-corrected chi connectivity index (χ0v) is 11.1. The highest BCUT2D eigenvalue weighted by molar-refractivity contribution is 7.91. The molecule has 0 aliphatic heterocycles. The summed E-state index contributed by atoms with van der Waals surface area (Å²) in [7, 11) is -1.22. The molecule has 86 valence electrons. The molecule has 5 heteroatoms. The number of hydrogen-bond donors (Lipinski definition) is 1. The third-order valence-electron chi connectivity index (χ3n) is 2.69. The fraction of sp³-hybridized carbons (Fsp3) is 0.600. The minimum Gasteiger partial charge on any atom is -0.312 e. The van der Waals surface area contributed by atoms with Gasteiger partial charge in [0.05, 0.1) is 5.25 Å². The molecule has 0 saturated carbocycles. The Hall–Kier alpha value is -0.390. The monoisotopic (exact) mass is 247 g/mol. The summed E-state index contributed by atoms with van der Waals surface area (Å²) in [6, 6.07) is 1.87. The van der Waals surface area contributed by atoms with Crippen LogP contribution in [0.1, 0.15) is 23.4 Å². The topological polar surface area (TPSA) is 46.2 Å². The number of sulfone groups is 1. The third kappa shape index (κ3) is 2.80. The van der Waals surface area contributed by atoms with Gasteiger partial charge >= 0.3 is 0 Å². The first kappa shape index (κ1) is 12.7. The van der Waals surface area contributed by atoms with Crippen molar-refractivity contribution in [1.82, 2.24) is 5.32 Å². The molecule has 2 atom stereocenters. The van der Waals surface area contributed by atoms with Gasteiger partial charge in [-0.25, -0.2) is 8.42 Å². The van der Waals surface area contributed by atoms with Crippen molar-refractivity contribution in [3.05, 3.63) is 21.9 Å². The predicted octanol–water partition coefficient (Wildman–Crippen LogP) is 1.75. The normalized spacial score (nSPS) is 16.3. The summed E-state index contributed by atoms with van der Waals surface area (Å²) in [6.07, 6.45) is 1.28. The lowest BCUT2D eigenvalue weighted by atomic mass is 10.1. The van der Waals surface area contributed by atoms with Crippen molar-refractivity contribution < 1.29 is 8.42 Å². The Balaban J connectivity index is 3.06. The highest BCUT2D eigenvalue weighted by Gasteiger charge is 2.27. The molecule has 1 rings (SSSR count). The second-order valence-electron chi connectivity index (χ2n) is 3.73. The largest absolute Gasteiger partial charge is 0.312 e. The van der Waals surface area contributed by atoms with Gasteiger partial charge in [0.25, 0.3) is 0 Å². The van der Waals surface area contributed by atoms with Crippen LogP contribution in [-0.4, -0.2) is 27.0 Å². The average molecular weight is 247 g/mol. The van der Waals surface area contributed by atoms with Gasteiger partial charge in [0.2, 0.25) is 0 Å². The van der Waals surface area contributed by atoms with Crippen molar-refractivity contribution in [3.8, 4) is 0 Å². The molecule has 0 saturated heterocycles. The molecule has 1 aromatic heterocycles. The Kier molecular flexibility index (Phi) is 3.92. The van der Waals surface area contributed by atoms with Crippen molar-refractivity contribution in [1.29, 1.82) is 0 Å². The zero-order valence-electron chi connectivity index (χ0n) is 9.44. The minimum atomic E-state index is -3.01. The molecular weight excluding hydrogens is 230 g/mol. The van der Waals surface area contributed by atoms with Crippen LogP contribution in [0.5, 0.6) is 0 Å². The van der Waals surface area contributed by atoms with Gasteiger partial charge in [0.1, 0.15) is 0 Å². The van der Waals surface area contributed by atoms with Crippen LogP contribution in [-0.2, 0) is 9.84 Å². The molecule has 0 spiro atoms. The summed E-state index contributed by atoms with van der Waals surface area (Å²) in [5.74, 6) is 0. The van der Waals surface area contributed by atoms with Crippen LogP contribution in [0.4, 0.5) is 0 Å². The van der Waals surface area contributed by atoms with E-state index < -0.39 is 15.1 Å². The Labute approximate surface area is 95.4 Å². The van der Waals surface area contributed by atoms with Gasteiger partial charge in [-0.1, -0.05) is 0 Å². The van der Waals surface area contributed by atoms with Crippen LogP contribution in [0.25, 0.3) is 0 Å². The first-order valence-corrected chi connectivity index (χ1v) is 7.61. The maximum atomic E-state index is 11.5. The number of rotatable bonds is 4. The summed E-state index contributed by atoms with van der Waals surface area (Å²) >= 11 is 1.64. The van der Waals surface area contributed by atoms with E-state index in [1.165, 1.54) is 11.1 Å². The molecular formula is C10H17NO2S2. The maximum Gasteiger partial charge on any atom is 0.151 e. The highest BCUT2D eigenvalue weighted by Crippen LogP contribution is 2.27. The molecule has 0 fully saturated rings. The van der Waals surface area contributed by atoms with E-state index in [1.54, 1.807) is 25.3 Å². The van der Waals surface area contributed by atoms with Gasteiger partial charge in [-0.05, 0) is 37.9 Å². The maximum absolute atomic E-state index is 11.5. The van der Waals surface area contributed by atoms with Gasteiger partial charge in [-0.3, -0.25) is 0 Å². The van der Waals surface area contributed by atoms with Gasteiger partial charge in [-0.2, -0.15) is 0 Å². The molecule has 2 unspecified atom stereocenters. The van der Waals surface area contributed by atoms with Crippen LogP contribution in [0, 0.1) is 6.92 Å². The molecule has 1 heterocycles. The van der Waals surface area contributed by atoms with Gasteiger partial charge < -0.3 is 5.32 Å². The molecule has 0 aliphatic carbocycles. The quantitative estimate of drug-likeness (QED) is 0.881. The van der Waals surface area contributed by atoms with E-state index >= 15 is 0 Å². The summed E-state index contributed by atoms with van der Waals surface area (Å²) in [5.41, 5.74) is 1.08. The minimum absolute atomic E-state index is 0.119. The molecule has 0 amide bonds. The number of hydrogen-bond acceptors (Lipinski definition) is 4. The molecule has 0 aromatic carbocycles. The Morgan fingerprint density at radius 2 is 2.07 bits per heavy atom. The van der Waals surface area contributed by atoms with E-state index in [-0.39, 0.29) is 6.04 Å². The van der Waals surface area contributed by atoms with Crippen molar-refractivity contribution in [2.45, 2.75) is 25.1 Å². The molecule has 0 radical (unpaired) electrons. The van der Waals surface area contributed by atoms with E-state index in [1.807, 2.05) is 18.4 Å². The van der Waals surface area contributed by atoms with Crippen LogP contribution in [0.2, 0.25) is 0 Å². The van der Waals surface area contributed by atoms with Crippen LogP contribution in [0.15, 0.2) is 11.4 Å². The molecule has 0 bridgehead atoms. The van der Waals surface area contributed by atoms with Crippen molar-refractivity contribution in [2.24, 2.45) is 0 Å². The van der Waals surface area contributed by atoms with Crippen LogP contribution >= 0.6 is 11.3 Å². The molecule has 15 heavy (non-hydrogen) atoms. The van der Waals surface area contributed by atoms with E-state index in [9.17, 15) is 8.42 Å². The fourth-order valence-corrected chi connectivity index (χ4v) is 3.13. The van der Waals surface area contributed by atoms with Gasteiger partial charge in [0, 0.05) is 17.2 Å². The fourth-order valence-electron chi connectivity index (χ4n) is 1.61. The van der Waals surface area contributed by atoms with E-state index in [4.69, 9.17) is 0 Å². The number of aryl methyl sites for hydroxylation is 1. The second-order valence-corrected chi connectivity index (χ2v) is 7.26. The number of nitrogens with one attached hydrogen (secondary N) is 1. The highest BCUT2D eigenvalue weighted by atomic mass is 32.2. The van der Waals surface area contributed by atoms with Crippen molar-refractivity contribution in [3.63, 3.8) is 0 Å². The van der Waals surface area contributed by atoms with E-state index in [0.717, 1.165) is 5.56 Å². The lowest BCUT2D eigenvalue weighted by molar-refractivity contribution is 0.534. The first-order chi connectivity index (χ1) is 6.88. The first-order valence-electron chi connectivity index (χ1n) is 4.78. The van der Waals surface area contributed by atoms with Gasteiger partial charge in [0.15, 0.2) is 9.84 Å². The Bertz CT molecular complexity index is 422. The summed E-state index contributed by atoms with van der Waals surface area (Å²) < 4.78 is 23.0. The lowest BCUT2D eigenvalue weighted by Gasteiger charge is -2.22. The van der Waals surface area contributed by atoms with Crippen molar-refractivity contribution in [2.75, 3.05) is 13.3 Å². The predicted molar refractivity (Wildman–Crippen MR) is 65.2 cm³/mol. The summed E-state index contributed by atoms with van der Waals surface area (Å²) in [4.78, 5) is 1.17. The second kappa shape index (κ2) is 4.63. The van der Waals surface area contributed by atoms with Gasteiger partial charge in [-0.15, -0.1) is 11.3 Å². The Morgan fingerprint density at radius 3 is 2.40 bits per heavy atom. The Morgan fingerprint density at radius 1 is 1.47 bits per heavy atom. The summed E-state index contributed by atoms with van der Waals surface area (Å²) in [5, 5.41) is 4.66. The van der Waals surface area contributed by atoms with Crippen molar-refractivity contribution >= 4 is 21.2 Å².